The van der Waals surface area contributed by atoms with Gasteiger partial charge in [-0.3, -0.25) is 10.1 Å². The fourth-order valence-corrected chi connectivity index (χ4v) is 1.94. The molecule has 1 amide bonds. The largest absolute Gasteiger partial charge is 0.355 e. The lowest BCUT2D eigenvalue weighted by molar-refractivity contribution is -0.122. The normalized spacial score (nSPS) is 13.9. The Morgan fingerprint density at radius 2 is 1.84 bits per heavy atom. The van der Waals surface area contributed by atoms with E-state index in [1.54, 1.807) is 0 Å². The zero-order chi connectivity index (χ0) is 14.3. The van der Waals surface area contributed by atoms with Crippen molar-refractivity contribution in [2.75, 3.05) is 6.54 Å². The van der Waals surface area contributed by atoms with Crippen LogP contribution in [0.2, 0.25) is 0 Å². The average Bonchev–Trinajstić information content (AvgIpc) is 2.39. The van der Waals surface area contributed by atoms with Gasteiger partial charge >= 0.3 is 0 Å². The Kier molecular flexibility index (Phi) is 6.57. The summed E-state index contributed by atoms with van der Waals surface area (Å²) in [7, 11) is 0. The van der Waals surface area contributed by atoms with Crippen LogP contribution in [0.4, 0.5) is 0 Å². The fraction of sp³-hybridized carbons (Fsp3) is 0.562. The number of hydrogen-bond acceptors (Lipinski definition) is 2. The van der Waals surface area contributed by atoms with Gasteiger partial charge in [0.05, 0.1) is 6.04 Å². The third-order valence-electron chi connectivity index (χ3n) is 3.30. The lowest BCUT2D eigenvalue weighted by Crippen LogP contribution is -2.43. The molecular formula is C16H26N2O. The van der Waals surface area contributed by atoms with Gasteiger partial charge in [0.2, 0.25) is 5.91 Å². The van der Waals surface area contributed by atoms with Crippen LogP contribution < -0.4 is 10.6 Å². The molecule has 0 fully saturated rings. The molecule has 1 aromatic rings. The highest BCUT2D eigenvalue weighted by atomic mass is 16.2. The van der Waals surface area contributed by atoms with Gasteiger partial charge in [0.15, 0.2) is 0 Å². The van der Waals surface area contributed by atoms with Gasteiger partial charge in [-0.05, 0) is 32.8 Å². The molecule has 2 unspecified atom stereocenters. The Morgan fingerprint density at radius 1 is 1.21 bits per heavy atom. The lowest BCUT2D eigenvalue weighted by Gasteiger charge is -2.20. The molecule has 106 valence electrons. The summed E-state index contributed by atoms with van der Waals surface area (Å²) in [5.41, 5.74) is 2.46. The molecule has 3 nitrogen and oxygen atoms in total. The van der Waals surface area contributed by atoms with Gasteiger partial charge in [0, 0.05) is 12.6 Å². The number of aryl methyl sites for hydroxylation is 1. The highest BCUT2D eigenvalue weighted by Crippen LogP contribution is 2.13. The molecule has 19 heavy (non-hydrogen) atoms. The van der Waals surface area contributed by atoms with E-state index < -0.39 is 0 Å². The van der Waals surface area contributed by atoms with E-state index in [2.05, 4.69) is 55.7 Å². The molecule has 0 aliphatic heterocycles. The molecule has 2 N–H and O–H groups in total. The van der Waals surface area contributed by atoms with Gasteiger partial charge in [-0.1, -0.05) is 43.2 Å². The van der Waals surface area contributed by atoms with Crippen LogP contribution >= 0.6 is 0 Å². The van der Waals surface area contributed by atoms with Gasteiger partial charge in [-0.15, -0.1) is 0 Å². The highest BCUT2D eigenvalue weighted by molar-refractivity contribution is 5.81. The summed E-state index contributed by atoms with van der Waals surface area (Å²) in [6.07, 6.45) is 2.13. The first-order valence-corrected chi connectivity index (χ1v) is 7.15. The second-order valence-corrected chi connectivity index (χ2v) is 5.17. The van der Waals surface area contributed by atoms with Crippen molar-refractivity contribution in [1.29, 1.82) is 0 Å². The smallest absolute Gasteiger partial charge is 0.236 e. The van der Waals surface area contributed by atoms with E-state index >= 15 is 0 Å². The number of amides is 1. The Balaban J connectivity index is 2.44. The van der Waals surface area contributed by atoms with Crippen molar-refractivity contribution in [2.45, 2.75) is 52.6 Å². The van der Waals surface area contributed by atoms with Crippen molar-refractivity contribution in [2.24, 2.45) is 0 Å². The number of benzene rings is 1. The Bertz CT molecular complexity index is 386. The molecule has 0 aromatic heterocycles. The second kappa shape index (κ2) is 7.95. The number of nitrogens with one attached hydrogen (secondary N) is 2. The quantitative estimate of drug-likeness (QED) is 0.742. The van der Waals surface area contributed by atoms with E-state index in [-0.39, 0.29) is 18.0 Å². The first-order valence-electron chi connectivity index (χ1n) is 7.15. The van der Waals surface area contributed by atoms with Crippen molar-refractivity contribution >= 4 is 5.91 Å². The third-order valence-corrected chi connectivity index (χ3v) is 3.30. The van der Waals surface area contributed by atoms with Crippen molar-refractivity contribution in [3.05, 3.63) is 35.4 Å². The van der Waals surface area contributed by atoms with Crippen LogP contribution in [0, 0.1) is 6.92 Å². The lowest BCUT2D eigenvalue weighted by atomic mass is 10.1. The van der Waals surface area contributed by atoms with E-state index in [9.17, 15) is 4.79 Å². The van der Waals surface area contributed by atoms with Gasteiger partial charge in [0.25, 0.3) is 0 Å². The summed E-state index contributed by atoms with van der Waals surface area (Å²) in [6.45, 7) is 8.95. The van der Waals surface area contributed by atoms with Crippen LogP contribution in [0.25, 0.3) is 0 Å². The SMILES string of the molecule is CCCCNC(=O)C(C)NC(C)c1ccc(C)cc1. The maximum atomic E-state index is 11.9. The van der Waals surface area contributed by atoms with Crippen LogP contribution in [-0.2, 0) is 4.79 Å². The molecule has 2 atom stereocenters. The predicted octanol–water partition coefficient (Wildman–Crippen LogP) is 2.95. The van der Waals surface area contributed by atoms with Gasteiger partial charge in [-0.2, -0.15) is 0 Å². The van der Waals surface area contributed by atoms with Crippen molar-refractivity contribution in [3.63, 3.8) is 0 Å². The van der Waals surface area contributed by atoms with Crippen molar-refractivity contribution in [1.82, 2.24) is 10.6 Å². The highest BCUT2D eigenvalue weighted by Gasteiger charge is 2.15. The zero-order valence-corrected chi connectivity index (χ0v) is 12.5. The molecule has 0 spiro atoms. The molecular weight excluding hydrogens is 236 g/mol. The number of rotatable bonds is 7. The maximum Gasteiger partial charge on any atom is 0.236 e. The third kappa shape index (κ3) is 5.43. The summed E-state index contributed by atoms with van der Waals surface area (Å²) in [5.74, 6) is 0.0763. The second-order valence-electron chi connectivity index (χ2n) is 5.17. The van der Waals surface area contributed by atoms with Crippen LogP contribution in [0.3, 0.4) is 0 Å². The zero-order valence-electron chi connectivity index (χ0n) is 12.5. The van der Waals surface area contributed by atoms with Gasteiger partial charge in [-0.25, -0.2) is 0 Å². The summed E-state index contributed by atoms with van der Waals surface area (Å²) in [5, 5.41) is 6.28. The van der Waals surface area contributed by atoms with Crippen LogP contribution in [-0.4, -0.2) is 18.5 Å². The maximum absolute atomic E-state index is 11.9. The fourth-order valence-electron chi connectivity index (χ4n) is 1.94. The van der Waals surface area contributed by atoms with E-state index in [0.717, 1.165) is 19.4 Å². The van der Waals surface area contributed by atoms with Crippen LogP contribution in [0.15, 0.2) is 24.3 Å². The predicted molar refractivity (Wildman–Crippen MR) is 80.1 cm³/mol. The molecule has 0 aliphatic rings. The molecule has 0 saturated carbocycles. The molecule has 0 aliphatic carbocycles. The number of carbonyl (C=O) groups is 1. The van der Waals surface area contributed by atoms with Crippen LogP contribution in [0.1, 0.15) is 50.8 Å². The van der Waals surface area contributed by atoms with Gasteiger partial charge < -0.3 is 5.32 Å². The Morgan fingerprint density at radius 3 is 2.42 bits per heavy atom. The molecule has 0 bridgehead atoms. The molecule has 3 heteroatoms. The summed E-state index contributed by atoms with van der Waals surface area (Å²) >= 11 is 0. The number of unbranched alkanes of at least 4 members (excludes halogenated alkanes) is 1. The molecule has 0 radical (unpaired) electrons. The average molecular weight is 262 g/mol. The van der Waals surface area contributed by atoms with E-state index in [0.29, 0.717) is 0 Å². The van der Waals surface area contributed by atoms with E-state index in [1.165, 1.54) is 11.1 Å². The number of hydrogen-bond donors (Lipinski definition) is 2. The molecule has 1 aromatic carbocycles. The first kappa shape index (κ1) is 15.7. The minimum Gasteiger partial charge on any atom is -0.355 e. The van der Waals surface area contributed by atoms with Crippen LogP contribution in [0.5, 0.6) is 0 Å². The Labute approximate surface area is 116 Å². The van der Waals surface area contributed by atoms with E-state index in [1.807, 2.05) is 6.92 Å². The summed E-state index contributed by atoms with van der Waals surface area (Å²) in [4.78, 5) is 11.9. The Hall–Kier alpha value is -1.35. The summed E-state index contributed by atoms with van der Waals surface area (Å²) in [6, 6.07) is 8.41. The standard InChI is InChI=1S/C16H26N2O/c1-5-6-11-17-16(19)14(4)18-13(3)15-9-7-12(2)8-10-15/h7-10,13-14,18H,5-6,11H2,1-4H3,(H,17,19). The van der Waals surface area contributed by atoms with Gasteiger partial charge in [0.1, 0.15) is 0 Å². The minimum atomic E-state index is -0.173. The topological polar surface area (TPSA) is 41.1 Å². The first-order chi connectivity index (χ1) is 9.04. The minimum absolute atomic E-state index is 0.0763. The molecule has 0 saturated heterocycles. The van der Waals surface area contributed by atoms with E-state index in [4.69, 9.17) is 0 Å². The monoisotopic (exact) mass is 262 g/mol. The summed E-state index contributed by atoms with van der Waals surface area (Å²) < 4.78 is 0. The number of carbonyl (C=O) groups excluding carboxylic acids is 1. The van der Waals surface area contributed by atoms with Crippen molar-refractivity contribution < 1.29 is 4.79 Å². The molecule has 0 heterocycles. The molecule has 1 rings (SSSR count). The van der Waals surface area contributed by atoms with Crippen molar-refractivity contribution in [3.8, 4) is 0 Å².